The summed E-state index contributed by atoms with van der Waals surface area (Å²) in [6.45, 7) is 12.3. The van der Waals surface area contributed by atoms with Gasteiger partial charge in [-0.25, -0.2) is 0 Å². The third kappa shape index (κ3) is 4.00. The molecule has 1 aromatic rings. The summed E-state index contributed by atoms with van der Waals surface area (Å²) in [5.74, 6) is 0.752. The van der Waals surface area contributed by atoms with Crippen LogP contribution in [0.5, 0.6) is 0 Å². The van der Waals surface area contributed by atoms with Crippen LogP contribution in [0, 0.1) is 0 Å². The summed E-state index contributed by atoms with van der Waals surface area (Å²) in [6, 6.07) is 0.360. The standard InChI is InChI=1S/C13H23N5OS/c1-6-7-17-12(14)15-16-13(17)20-8-11(19)18(9(2)3)10(4)5/h6,9-10H,1,7-8H2,2-5H3,(H2,14,15). The number of hydrogen-bond donors (Lipinski definition) is 1. The van der Waals surface area contributed by atoms with Gasteiger partial charge in [0.05, 0.1) is 5.75 Å². The molecular weight excluding hydrogens is 274 g/mol. The summed E-state index contributed by atoms with van der Waals surface area (Å²) in [4.78, 5) is 14.1. The maximum absolute atomic E-state index is 12.3. The Bertz CT molecular complexity index is 461. The van der Waals surface area contributed by atoms with Gasteiger partial charge in [-0.1, -0.05) is 17.8 Å². The van der Waals surface area contributed by atoms with Gasteiger partial charge < -0.3 is 10.6 Å². The number of allylic oxidation sites excluding steroid dienone is 1. The lowest BCUT2D eigenvalue weighted by atomic mass is 10.2. The predicted octanol–water partition coefficient (Wildman–Crippen LogP) is 1.78. The molecule has 0 aliphatic heterocycles. The smallest absolute Gasteiger partial charge is 0.233 e. The summed E-state index contributed by atoms with van der Waals surface area (Å²) in [7, 11) is 0. The van der Waals surface area contributed by atoms with Crippen molar-refractivity contribution in [3.05, 3.63) is 12.7 Å². The average molecular weight is 297 g/mol. The van der Waals surface area contributed by atoms with E-state index in [-0.39, 0.29) is 18.0 Å². The first-order valence-corrected chi connectivity index (χ1v) is 7.60. The van der Waals surface area contributed by atoms with Crippen molar-refractivity contribution in [2.75, 3.05) is 11.5 Å². The average Bonchev–Trinajstić information content (AvgIpc) is 2.68. The van der Waals surface area contributed by atoms with E-state index in [4.69, 9.17) is 5.73 Å². The van der Waals surface area contributed by atoms with Crippen LogP contribution < -0.4 is 5.73 Å². The fourth-order valence-electron chi connectivity index (χ4n) is 2.08. The highest BCUT2D eigenvalue weighted by atomic mass is 32.2. The Balaban J connectivity index is 2.71. The van der Waals surface area contributed by atoms with E-state index in [0.717, 1.165) is 0 Å². The molecule has 0 radical (unpaired) electrons. The summed E-state index contributed by atoms with van der Waals surface area (Å²) in [6.07, 6.45) is 1.72. The highest BCUT2D eigenvalue weighted by Gasteiger charge is 2.21. The van der Waals surface area contributed by atoms with Crippen molar-refractivity contribution in [2.24, 2.45) is 0 Å². The highest BCUT2D eigenvalue weighted by molar-refractivity contribution is 7.99. The first kappa shape index (κ1) is 16.6. The van der Waals surface area contributed by atoms with E-state index in [0.29, 0.717) is 23.4 Å². The van der Waals surface area contributed by atoms with Crippen LogP contribution in [0.2, 0.25) is 0 Å². The van der Waals surface area contributed by atoms with Gasteiger partial charge >= 0.3 is 0 Å². The van der Waals surface area contributed by atoms with Crippen LogP contribution in [0.3, 0.4) is 0 Å². The summed E-state index contributed by atoms with van der Waals surface area (Å²) >= 11 is 1.35. The minimum atomic E-state index is 0.0896. The van der Waals surface area contributed by atoms with Crippen LogP contribution in [0.15, 0.2) is 17.8 Å². The van der Waals surface area contributed by atoms with E-state index < -0.39 is 0 Å². The Kier molecular flexibility index (Phi) is 6.06. The fraction of sp³-hybridized carbons (Fsp3) is 0.615. The maximum Gasteiger partial charge on any atom is 0.233 e. The number of hydrogen-bond acceptors (Lipinski definition) is 5. The van der Waals surface area contributed by atoms with Gasteiger partial charge in [0, 0.05) is 18.6 Å². The molecule has 0 saturated carbocycles. The third-order valence-electron chi connectivity index (χ3n) is 2.78. The zero-order valence-corrected chi connectivity index (χ0v) is 13.4. The fourth-order valence-corrected chi connectivity index (χ4v) is 2.90. The molecule has 1 rings (SSSR count). The first-order valence-electron chi connectivity index (χ1n) is 6.62. The van der Waals surface area contributed by atoms with Gasteiger partial charge in [0.1, 0.15) is 0 Å². The third-order valence-corrected chi connectivity index (χ3v) is 3.73. The van der Waals surface area contributed by atoms with Crippen LogP contribution in [0.4, 0.5) is 5.95 Å². The van der Waals surface area contributed by atoms with Gasteiger partial charge in [0.2, 0.25) is 11.9 Å². The number of aromatic nitrogens is 3. The lowest BCUT2D eigenvalue weighted by Gasteiger charge is -2.30. The quantitative estimate of drug-likeness (QED) is 0.613. The van der Waals surface area contributed by atoms with E-state index in [1.165, 1.54) is 11.8 Å². The number of thioether (sulfide) groups is 1. The van der Waals surface area contributed by atoms with Crippen molar-refractivity contribution in [1.29, 1.82) is 0 Å². The van der Waals surface area contributed by atoms with Crippen LogP contribution in [0.25, 0.3) is 0 Å². The normalized spacial score (nSPS) is 11.1. The van der Waals surface area contributed by atoms with Crippen molar-refractivity contribution in [1.82, 2.24) is 19.7 Å². The molecule has 0 unspecified atom stereocenters. The van der Waals surface area contributed by atoms with Crippen molar-refractivity contribution in [3.63, 3.8) is 0 Å². The SMILES string of the molecule is C=CCn1c(N)nnc1SCC(=O)N(C(C)C)C(C)C. The number of nitrogen functional groups attached to an aromatic ring is 1. The molecule has 0 saturated heterocycles. The molecule has 112 valence electrons. The Labute approximate surface area is 124 Å². The molecule has 1 amide bonds. The zero-order valence-electron chi connectivity index (χ0n) is 12.5. The van der Waals surface area contributed by atoms with Gasteiger partial charge in [-0.3, -0.25) is 9.36 Å². The summed E-state index contributed by atoms with van der Waals surface area (Å²) < 4.78 is 1.74. The minimum Gasteiger partial charge on any atom is -0.368 e. The molecule has 1 heterocycles. The number of carbonyl (C=O) groups is 1. The van der Waals surface area contributed by atoms with Gasteiger partial charge in [-0.15, -0.1) is 16.8 Å². The Morgan fingerprint density at radius 1 is 1.40 bits per heavy atom. The van der Waals surface area contributed by atoms with Crippen molar-refractivity contribution in [2.45, 2.75) is 51.5 Å². The molecule has 2 N–H and O–H groups in total. The Hall–Kier alpha value is -1.50. The van der Waals surface area contributed by atoms with Crippen LogP contribution >= 0.6 is 11.8 Å². The van der Waals surface area contributed by atoms with E-state index in [2.05, 4.69) is 16.8 Å². The van der Waals surface area contributed by atoms with E-state index in [1.54, 1.807) is 10.6 Å². The Morgan fingerprint density at radius 2 is 2.00 bits per heavy atom. The number of amides is 1. The van der Waals surface area contributed by atoms with Crippen LogP contribution in [-0.4, -0.2) is 43.4 Å². The van der Waals surface area contributed by atoms with Crippen LogP contribution in [0.1, 0.15) is 27.7 Å². The molecule has 6 nitrogen and oxygen atoms in total. The van der Waals surface area contributed by atoms with Crippen molar-refractivity contribution < 1.29 is 4.79 Å². The monoisotopic (exact) mass is 297 g/mol. The lowest BCUT2D eigenvalue weighted by Crippen LogP contribution is -2.43. The molecule has 0 atom stereocenters. The van der Waals surface area contributed by atoms with E-state index in [1.807, 2.05) is 32.6 Å². The minimum absolute atomic E-state index is 0.0896. The molecule has 0 spiro atoms. The topological polar surface area (TPSA) is 77.0 Å². The molecule has 1 aromatic heterocycles. The number of rotatable bonds is 7. The molecular formula is C13H23N5OS. The van der Waals surface area contributed by atoms with Gasteiger partial charge in [-0.05, 0) is 27.7 Å². The van der Waals surface area contributed by atoms with E-state index >= 15 is 0 Å². The Morgan fingerprint density at radius 3 is 2.50 bits per heavy atom. The van der Waals surface area contributed by atoms with Crippen molar-refractivity contribution in [3.8, 4) is 0 Å². The molecule has 0 aliphatic rings. The number of nitrogens with zero attached hydrogens (tertiary/aromatic N) is 4. The van der Waals surface area contributed by atoms with Gasteiger partial charge in [0.25, 0.3) is 0 Å². The second-order valence-electron chi connectivity index (χ2n) is 5.02. The van der Waals surface area contributed by atoms with E-state index in [9.17, 15) is 4.79 Å². The van der Waals surface area contributed by atoms with Crippen molar-refractivity contribution >= 4 is 23.6 Å². The molecule has 20 heavy (non-hydrogen) atoms. The number of anilines is 1. The lowest BCUT2D eigenvalue weighted by molar-refractivity contribution is -0.131. The highest BCUT2D eigenvalue weighted by Crippen LogP contribution is 2.19. The second kappa shape index (κ2) is 7.33. The molecule has 0 bridgehead atoms. The summed E-state index contributed by atoms with van der Waals surface area (Å²) in [5, 5.41) is 8.46. The summed E-state index contributed by atoms with van der Waals surface area (Å²) in [5.41, 5.74) is 5.72. The molecule has 0 aromatic carbocycles. The largest absolute Gasteiger partial charge is 0.368 e. The molecule has 7 heteroatoms. The van der Waals surface area contributed by atoms with Gasteiger partial charge in [-0.2, -0.15) is 0 Å². The van der Waals surface area contributed by atoms with Crippen LogP contribution in [-0.2, 0) is 11.3 Å². The predicted molar refractivity (Wildman–Crippen MR) is 82.5 cm³/mol. The molecule has 0 fully saturated rings. The first-order chi connectivity index (χ1) is 9.38. The maximum atomic E-state index is 12.3. The molecule has 0 aliphatic carbocycles. The number of nitrogens with two attached hydrogens (primary N) is 1. The number of carbonyl (C=O) groups excluding carboxylic acids is 1. The zero-order chi connectivity index (χ0) is 15.3. The second-order valence-corrected chi connectivity index (χ2v) is 5.96. The van der Waals surface area contributed by atoms with Gasteiger partial charge in [0.15, 0.2) is 5.16 Å².